The van der Waals surface area contributed by atoms with Crippen LogP contribution in [0.3, 0.4) is 0 Å². The topological polar surface area (TPSA) is 43.3 Å². The zero-order valence-corrected chi connectivity index (χ0v) is 11.6. The first kappa shape index (κ1) is 12.4. The molecule has 1 aromatic carbocycles. The highest BCUT2D eigenvalue weighted by molar-refractivity contribution is 6.36. The van der Waals surface area contributed by atoms with Crippen LogP contribution in [0.2, 0.25) is 5.02 Å². The van der Waals surface area contributed by atoms with Gasteiger partial charge in [-0.2, -0.15) is 0 Å². The largest absolute Gasteiger partial charge is 0.490 e. The molecule has 0 radical (unpaired) electrons. The first-order chi connectivity index (χ1) is 9.08. The number of carbonyl (C=O) groups excluding carboxylic acids is 1. The number of ether oxygens (including phenoxy) is 1. The van der Waals surface area contributed by atoms with Crippen molar-refractivity contribution in [1.29, 1.82) is 0 Å². The van der Waals surface area contributed by atoms with Gasteiger partial charge < -0.3 is 14.6 Å². The molecule has 1 amide bonds. The molecule has 0 aliphatic carbocycles. The number of halogens is 1. The van der Waals surface area contributed by atoms with Crippen LogP contribution in [0.1, 0.15) is 24.3 Å². The molecule has 0 spiro atoms. The molecule has 19 heavy (non-hydrogen) atoms. The Balaban J connectivity index is 2.19. The molecule has 4 nitrogen and oxygen atoms in total. The summed E-state index contributed by atoms with van der Waals surface area (Å²) < 4.78 is 7.60. The lowest BCUT2D eigenvalue weighted by molar-refractivity contribution is 0.0932. The van der Waals surface area contributed by atoms with Crippen LogP contribution in [-0.4, -0.2) is 23.1 Å². The smallest absolute Gasteiger partial charge is 0.268 e. The van der Waals surface area contributed by atoms with Gasteiger partial charge in [0.05, 0.1) is 17.1 Å². The minimum absolute atomic E-state index is 0.0740. The molecule has 1 aliphatic rings. The fourth-order valence-corrected chi connectivity index (χ4v) is 2.64. The first-order valence-electron chi connectivity index (χ1n) is 6.33. The summed E-state index contributed by atoms with van der Waals surface area (Å²) >= 11 is 6.21. The van der Waals surface area contributed by atoms with Gasteiger partial charge in [-0.3, -0.25) is 4.79 Å². The summed E-state index contributed by atoms with van der Waals surface area (Å²) in [6.45, 7) is 5.12. The van der Waals surface area contributed by atoms with Crippen LogP contribution < -0.4 is 10.1 Å². The average Bonchev–Trinajstić information content (AvgIpc) is 2.75. The standard InChI is InChI=1S/C14H15ClN2O2/c1-8(2)16-14(18)11-7-9-10(15)3-4-12-13(9)17(11)5-6-19-12/h3-4,7-8H,5-6H2,1-2H3,(H,16,18). The third kappa shape index (κ3) is 1.96. The van der Waals surface area contributed by atoms with Crippen LogP contribution in [-0.2, 0) is 6.54 Å². The summed E-state index contributed by atoms with van der Waals surface area (Å²) in [7, 11) is 0. The third-order valence-electron chi connectivity index (χ3n) is 3.19. The normalized spacial score (nSPS) is 13.7. The van der Waals surface area contributed by atoms with Crippen LogP contribution >= 0.6 is 11.6 Å². The van der Waals surface area contributed by atoms with E-state index in [4.69, 9.17) is 16.3 Å². The number of benzene rings is 1. The monoisotopic (exact) mass is 278 g/mol. The molecular weight excluding hydrogens is 264 g/mol. The molecule has 2 aromatic rings. The number of amides is 1. The van der Waals surface area contributed by atoms with Crippen molar-refractivity contribution < 1.29 is 9.53 Å². The number of rotatable bonds is 2. The fourth-order valence-electron chi connectivity index (χ4n) is 2.43. The molecule has 2 heterocycles. The van der Waals surface area contributed by atoms with Gasteiger partial charge in [0, 0.05) is 11.4 Å². The number of carbonyl (C=O) groups is 1. The molecule has 1 N–H and O–H groups in total. The van der Waals surface area contributed by atoms with Crippen LogP contribution in [0.4, 0.5) is 0 Å². The van der Waals surface area contributed by atoms with Crippen molar-refractivity contribution in [1.82, 2.24) is 9.88 Å². The van der Waals surface area contributed by atoms with Crippen molar-refractivity contribution in [2.24, 2.45) is 0 Å². The number of hydrogen-bond acceptors (Lipinski definition) is 2. The molecule has 1 aliphatic heterocycles. The van der Waals surface area contributed by atoms with Crippen molar-refractivity contribution in [2.75, 3.05) is 6.61 Å². The summed E-state index contributed by atoms with van der Waals surface area (Å²) in [5.74, 6) is 0.712. The van der Waals surface area contributed by atoms with E-state index in [1.54, 1.807) is 6.07 Å². The predicted octanol–water partition coefficient (Wildman–Crippen LogP) is 2.83. The highest BCUT2D eigenvalue weighted by atomic mass is 35.5. The maximum absolute atomic E-state index is 12.2. The predicted molar refractivity (Wildman–Crippen MR) is 75.0 cm³/mol. The number of hydrogen-bond donors (Lipinski definition) is 1. The molecule has 3 rings (SSSR count). The highest BCUT2D eigenvalue weighted by Crippen LogP contribution is 2.36. The van der Waals surface area contributed by atoms with E-state index in [0.717, 1.165) is 16.7 Å². The van der Waals surface area contributed by atoms with Crippen LogP contribution in [0, 0.1) is 0 Å². The molecule has 100 valence electrons. The Morgan fingerprint density at radius 2 is 2.26 bits per heavy atom. The van der Waals surface area contributed by atoms with E-state index in [-0.39, 0.29) is 11.9 Å². The van der Waals surface area contributed by atoms with Gasteiger partial charge in [-0.15, -0.1) is 0 Å². The van der Waals surface area contributed by atoms with E-state index in [1.807, 2.05) is 30.5 Å². The minimum atomic E-state index is -0.0740. The SMILES string of the molecule is CC(C)NC(=O)c1cc2c(Cl)ccc3c2n1CCO3. The quantitative estimate of drug-likeness (QED) is 0.918. The van der Waals surface area contributed by atoms with E-state index in [0.29, 0.717) is 23.9 Å². The van der Waals surface area contributed by atoms with E-state index in [9.17, 15) is 4.79 Å². The lowest BCUT2D eigenvalue weighted by Gasteiger charge is -2.19. The van der Waals surface area contributed by atoms with Gasteiger partial charge in [0.1, 0.15) is 18.1 Å². The van der Waals surface area contributed by atoms with E-state index in [2.05, 4.69) is 5.32 Å². The maximum Gasteiger partial charge on any atom is 0.268 e. The second-order valence-corrected chi connectivity index (χ2v) is 5.37. The second-order valence-electron chi connectivity index (χ2n) is 4.97. The summed E-state index contributed by atoms with van der Waals surface area (Å²) in [6.07, 6.45) is 0. The third-order valence-corrected chi connectivity index (χ3v) is 3.52. The molecule has 0 bridgehead atoms. The second kappa shape index (κ2) is 4.46. The summed E-state index contributed by atoms with van der Waals surface area (Å²) in [5, 5.41) is 4.42. The van der Waals surface area contributed by atoms with Crippen molar-refractivity contribution in [2.45, 2.75) is 26.4 Å². The summed E-state index contributed by atoms with van der Waals surface area (Å²) in [6, 6.07) is 5.60. The molecule has 5 heteroatoms. The van der Waals surface area contributed by atoms with Gasteiger partial charge in [-0.25, -0.2) is 0 Å². The van der Waals surface area contributed by atoms with Gasteiger partial charge in [0.25, 0.3) is 5.91 Å². The Labute approximate surface area is 116 Å². The van der Waals surface area contributed by atoms with E-state index in [1.165, 1.54) is 0 Å². The van der Waals surface area contributed by atoms with Crippen LogP contribution in [0.25, 0.3) is 10.9 Å². The van der Waals surface area contributed by atoms with Crippen LogP contribution in [0.15, 0.2) is 18.2 Å². The lowest BCUT2D eigenvalue weighted by Crippen LogP contribution is -2.32. The van der Waals surface area contributed by atoms with E-state index < -0.39 is 0 Å². The molecule has 0 saturated heterocycles. The highest BCUT2D eigenvalue weighted by Gasteiger charge is 2.22. The Morgan fingerprint density at radius 3 is 3.00 bits per heavy atom. The molecule has 0 fully saturated rings. The molecular formula is C14H15ClN2O2. The minimum Gasteiger partial charge on any atom is -0.490 e. The van der Waals surface area contributed by atoms with Crippen molar-refractivity contribution in [3.63, 3.8) is 0 Å². The Morgan fingerprint density at radius 1 is 1.47 bits per heavy atom. The Kier molecular flexibility index (Phi) is 2.90. The molecule has 0 saturated carbocycles. The Hall–Kier alpha value is -1.68. The van der Waals surface area contributed by atoms with Crippen LogP contribution in [0.5, 0.6) is 5.75 Å². The first-order valence-corrected chi connectivity index (χ1v) is 6.71. The molecule has 0 atom stereocenters. The van der Waals surface area contributed by atoms with Gasteiger partial charge in [-0.1, -0.05) is 11.6 Å². The number of nitrogens with one attached hydrogen (secondary N) is 1. The molecule has 1 aromatic heterocycles. The summed E-state index contributed by atoms with van der Waals surface area (Å²) in [4.78, 5) is 12.2. The zero-order chi connectivity index (χ0) is 13.6. The van der Waals surface area contributed by atoms with Gasteiger partial charge in [-0.05, 0) is 32.0 Å². The maximum atomic E-state index is 12.2. The lowest BCUT2D eigenvalue weighted by atomic mass is 10.2. The van der Waals surface area contributed by atoms with Crippen molar-refractivity contribution in [3.8, 4) is 5.75 Å². The van der Waals surface area contributed by atoms with Crippen molar-refractivity contribution in [3.05, 3.63) is 28.9 Å². The van der Waals surface area contributed by atoms with Gasteiger partial charge >= 0.3 is 0 Å². The summed E-state index contributed by atoms with van der Waals surface area (Å²) in [5.41, 5.74) is 1.55. The number of nitrogens with zero attached hydrogens (tertiary/aromatic N) is 1. The number of aromatic nitrogens is 1. The molecule has 0 unspecified atom stereocenters. The van der Waals surface area contributed by atoms with Crippen molar-refractivity contribution >= 4 is 28.4 Å². The van der Waals surface area contributed by atoms with Gasteiger partial charge in [0.2, 0.25) is 0 Å². The Bertz CT molecular complexity index is 661. The van der Waals surface area contributed by atoms with E-state index >= 15 is 0 Å². The van der Waals surface area contributed by atoms with Gasteiger partial charge in [0.15, 0.2) is 0 Å². The average molecular weight is 279 g/mol. The zero-order valence-electron chi connectivity index (χ0n) is 10.9. The fraction of sp³-hybridized carbons (Fsp3) is 0.357.